The van der Waals surface area contributed by atoms with Crippen LogP contribution in [-0.2, 0) is 10.8 Å². The zero-order valence-electron chi connectivity index (χ0n) is 40.4. The Morgan fingerprint density at radius 2 is 0.712 bits per heavy atom. The molecule has 1 saturated carbocycles. The topological polar surface area (TPSA) is 3.24 Å². The Hall–Kier alpha value is -8.78. The maximum atomic E-state index is 2.62. The van der Waals surface area contributed by atoms with Crippen LogP contribution in [0.2, 0.25) is 0 Å². The average Bonchev–Trinajstić information content (AvgIpc) is 4.29. The van der Waals surface area contributed by atoms with Crippen molar-refractivity contribution in [2.75, 3.05) is 4.90 Å². The van der Waals surface area contributed by atoms with Crippen LogP contribution in [0.1, 0.15) is 59.1 Å². The fourth-order valence-corrected chi connectivity index (χ4v) is 14.6. The summed E-state index contributed by atoms with van der Waals surface area (Å²) in [4.78, 5) is 2.59. The first-order valence-electron chi connectivity index (χ1n) is 26.2. The quantitative estimate of drug-likeness (QED) is 0.156. The van der Waals surface area contributed by atoms with Gasteiger partial charge in [-0.05, 0) is 171 Å². The van der Waals surface area contributed by atoms with Gasteiger partial charge in [0.15, 0.2) is 0 Å². The minimum Gasteiger partial charge on any atom is -0.310 e. The summed E-state index contributed by atoms with van der Waals surface area (Å²) >= 11 is 0. The van der Waals surface area contributed by atoms with Crippen molar-refractivity contribution in [3.8, 4) is 55.6 Å². The molecular formula is C72H49N. The summed E-state index contributed by atoms with van der Waals surface area (Å²) in [6.07, 6.45) is 4.88. The van der Waals surface area contributed by atoms with Gasteiger partial charge in [0.05, 0.1) is 11.1 Å². The molecule has 0 heterocycles. The summed E-state index contributed by atoms with van der Waals surface area (Å²) in [7, 11) is 0. The number of benzene rings is 12. The van der Waals surface area contributed by atoms with Crippen molar-refractivity contribution in [3.05, 3.63) is 282 Å². The van der Waals surface area contributed by atoms with Crippen molar-refractivity contribution >= 4 is 49.4 Å². The molecule has 1 nitrogen and oxygen atoms in total. The number of hydrogen-bond acceptors (Lipinski definition) is 1. The van der Waals surface area contributed by atoms with Gasteiger partial charge < -0.3 is 4.90 Å². The lowest BCUT2D eigenvalue weighted by atomic mass is 9.70. The summed E-state index contributed by atoms with van der Waals surface area (Å²) in [5, 5.41) is 7.62. The second-order valence-electron chi connectivity index (χ2n) is 21.0. The van der Waals surface area contributed by atoms with Gasteiger partial charge in [0.2, 0.25) is 0 Å². The smallest absolute Gasteiger partial charge is 0.0726 e. The maximum Gasteiger partial charge on any atom is 0.0726 e. The molecule has 2 spiro atoms. The molecule has 0 aliphatic heterocycles. The Balaban J connectivity index is 1.03. The zero-order chi connectivity index (χ0) is 47.8. The van der Waals surface area contributed by atoms with E-state index < -0.39 is 5.41 Å². The van der Waals surface area contributed by atoms with Gasteiger partial charge in [-0.1, -0.05) is 219 Å². The fraction of sp³-hybridized carbons (Fsp3) is 0.0833. The van der Waals surface area contributed by atoms with Gasteiger partial charge in [-0.2, -0.15) is 0 Å². The third-order valence-corrected chi connectivity index (χ3v) is 17.6. The van der Waals surface area contributed by atoms with Gasteiger partial charge in [0.25, 0.3) is 0 Å². The first-order chi connectivity index (χ1) is 36.2. The molecule has 0 amide bonds. The standard InChI is InChI=1S/C72H49N/c1-2-18-46(19-3-1)47-32-35-49(36-33-47)73(50-37-39-55-53-22-5-4-20-51(53)52-21-6-7-23-54(52)62(55)43-50)70-45-69-63(44-61(70)48-34-38-60-56-24-8-12-28-64(56)71(68(60)42-48)40-16-17-41-71)59-27-11-15-31-67(59)72(69)65-29-13-9-25-57(65)58-26-10-14-30-66(58)72/h1-15,18-39,42-45H,16-17,40-41H2. The van der Waals surface area contributed by atoms with Crippen molar-refractivity contribution in [1.82, 2.24) is 0 Å². The van der Waals surface area contributed by atoms with Crippen molar-refractivity contribution < 1.29 is 0 Å². The minimum atomic E-state index is -0.513. The van der Waals surface area contributed by atoms with Crippen LogP contribution < -0.4 is 4.90 Å². The van der Waals surface area contributed by atoms with Crippen molar-refractivity contribution in [2.24, 2.45) is 0 Å². The highest BCUT2D eigenvalue weighted by atomic mass is 15.1. The Labute approximate surface area is 426 Å². The van der Waals surface area contributed by atoms with Crippen LogP contribution in [0.5, 0.6) is 0 Å². The lowest BCUT2D eigenvalue weighted by Crippen LogP contribution is -2.26. The van der Waals surface area contributed by atoms with Crippen LogP contribution in [0.15, 0.2) is 249 Å². The van der Waals surface area contributed by atoms with E-state index in [4.69, 9.17) is 0 Å². The summed E-state index contributed by atoms with van der Waals surface area (Å²) in [5.41, 5.74) is 24.2. The molecule has 1 fully saturated rings. The first kappa shape index (κ1) is 40.9. The summed E-state index contributed by atoms with van der Waals surface area (Å²) in [5.74, 6) is 0. The van der Waals surface area contributed by atoms with E-state index in [-0.39, 0.29) is 5.41 Å². The SMILES string of the molecule is c1ccc(-c2ccc(N(c3ccc4c5ccccc5c5ccccc5c4c3)c3cc4c(cc3-c3ccc5c(c3)C3(CCCC3)c3ccccc3-5)-c3ccccc3C43c4ccccc4-c4ccccc43)cc2)cc1. The van der Waals surface area contributed by atoms with E-state index in [0.29, 0.717) is 0 Å². The van der Waals surface area contributed by atoms with E-state index in [0.717, 1.165) is 11.4 Å². The number of anilines is 3. The molecule has 12 aromatic carbocycles. The third kappa shape index (κ3) is 5.57. The molecule has 0 unspecified atom stereocenters. The van der Waals surface area contributed by atoms with E-state index in [2.05, 4.69) is 254 Å². The lowest BCUT2D eigenvalue weighted by Gasteiger charge is -2.33. The molecule has 0 radical (unpaired) electrons. The summed E-state index contributed by atoms with van der Waals surface area (Å²) < 4.78 is 0. The molecule has 4 aliphatic rings. The molecular weight excluding hydrogens is 879 g/mol. The van der Waals surface area contributed by atoms with Crippen LogP contribution in [0.25, 0.3) is 88.0 Å². The molecule has 342 valence electrons. The number of rotatable bonds is 5. The highest BCUT2D eigenvalue weighted by molar-refractivity contribution is 6.26. The Kier molecular flexibility index (Phi) is 8.61. The van der Waals surface area contributed by atoms with Crippen LogP contribution in [0, 0.1) is 0 Å². The van der Waals surface area contributed by atoms with E-state index in [1.54, 1.807) is 0 Å². The van der Waals surface area contributed by atoms with E-state index in [1.807, 2.05) is 0 Å². The molecule has 0 N–H and O–H groups in total. The summed E-state index contributed by atoms with van der Waals surface area (Å²) in [6, 6.07) is 94.8. The summed E-state index contributed by atoms with van der Waals surface area (Å²) in [6.45, 7) is 0. The van der Waals surface area contributed by atoms with Gasteiger partial charge in [-0.25, -0.2) is 0 Å². The highest BCUT2D eigenvalue weighted by Crippen LogP contribution is 2.65. The number of fused-ring (bicyclic) bond motifs is 21. The molecule has 16 rings (SSSR count). The van der Waals surface area contributed by atoms with Gasteiger partial charge in [0, 0.05) is 22.4 Å². The normalized spacial score (nSPS) is 14.8. The molecule has 73 heavy (non-hydrogen) atoms. The molecule has 0 atom stereocenters. The predicted octanol–water partition coefficient (Wildman–Crippen LogP) is 19.1. The van der Waals surface area contributed by atoms with Crippen LogP contribution in [-0.4, -0.2) is 0 Å². The number of nitrogens with zero attached hydrogens (tertiary/aromatic N) is 1. The molecule has 0 bridgehead atoms. The van der Waals surface area contributed by atoms with Gasteiger partial charge in [-0.15, -0.1) is 0 Å². The second kappa shape index (κ2) is 15.4. The second-order valence-corrected chi connectivity index (χ2v) is 21.0. The fourth-order valence-electron chi connectivity index (χ4n) is 14.6. The number of hydrogen-bond donors (Lipinski definition) is 0. The maximum absolute atomic E-state index is 2.62. The lowest BCUT2D eigenvalue weighted by molar-refractivity contribution is 0.550. The Morgan fingerprint density at radius 1 is 0.260 bits per heavy atom. The van der Waals surface area contributed by atoms with E-state index in [1.165, 1.54) is 153 Å². The minimum absolute atomic E-state index is 0.0296. The Bertz CT molecular complexity index is 4190. The zero-order valence-corrected chi connectivity index (χ0v) is 40.4. The average molecular weight is 928 g/mol. The molecule has 0 saturated heterocycles. The van der Waals surface area contributed by atoms with Crippen molar-refractivity contribution in [2.45, 2.75) is 36.5 Å². The van der Waals surface area contributed by atoms with Crippen LogP contribution >= 0.6 is 0 Å². The predicted molar refractivity (Wildman–Crippen MR) is 305 cm³/mol. The van der Waals surface area contributed by atoms with Crippen LogP contribution in [0.4, 0.5) is 17.1 Å². The van der Waals surface area contributed by atoms with Crippen LogP contribution in [0.3, 0.4) is 0 Å². The first-order valence-corrected chi connectivity index (χ1v) is 26.2. The van der Waals surface area contributed by atoms with Gasteiger partial charge in [-0.3, -0.25) is 0 Å². The van der Waals surface area contributed by atoms with Gasteiger partial charge in [0.1, 0.15) is 0 Å². The van der Waals surface area contributed by atoms with E-state index >= 15 is 0 Å². The molecule has 1 heteroatoms. The Morgan fingerprint density at radius 3 is 1.33 bits per heavy atom. The van der Waals surface area contributed by atoms with Crippen molar-refractivity contribution in [1.29, 1.82) is 0 Å². The van der Waals surface area contributed by atoms with Crippen molar-refractivity contribution in [3.63, 3.8) is 0 Å². The molecule has 12 aromatic rings. The monoisotopic (exact) mass is 927 g/mol. The largest absolute Gasteiger partial charge is 0.310 e. The third-order valence-electron chi connectivity index (χ3n) is 17.6. The highest BCUT2D eigenvalue weighted by Gasteiger charge is 2.52. The van der Waals surface area contributed by atoms with E-state index in [9.17, 15) is 0 Å². The molecule has 4 aliphatic carbocycles. The molecule has 0 aromatic heterocycles. The van der Waals surface area contributed by atoms with Gasteiger partial charge >= 0.3 is 0 Å².